The average Bonchev–Trinajstić information content (AvgIpc) is 2.68. The van der Waals surface area contributed by atoms with E-state index in [0.29, 0.717) is 6.54 Å². The molecule has 0 aromatic rings. The number of likely N-dealkylation sites (tertiary alicyclic amines) is 1. The third-order valence-electron chi connectivity index (χ3n) is 2.83. The lowest BCUT2D eigenvalue weighted by molar-refractivity contribution is -0.151. The third kappa shape index (κ3) is 4.75. The highest BCUT2D eigenvalue weighted by molar-refractivity contribution is 14.1. The molecule has 7 heteroatoms. The molecule has 0 N–H and O–H groups in total. The summed E-state index contributed by atoms with van der Waals surface area (Å²) < 4.78 is 23.9. The number of alkyl halides is 2. The Balaban J connectivity index is 2.63. The highest BCUT2D eigenvalue weighted by atomic mass is 127. The van der Waals surface area contributed by atoms with Crippen LogP contribution in [0, 0.1) is 5.92 Å². The van der Waals surface area contributed by atoms with Gasteiger partial charge in [0.1, 0.15) is 5.60 Å². The van der Waals surface area contributed by atoms with Crippen LogP contribution in [0.1, 0.15) is 27.7 Å². The number of amides is 1. The Kier molecular flexibility index (Phi) is 6.03. The minimum absolute atomic E-state index is 0.139. The molecule has 1 aliphatic rings. The number of esters is 1. The molecule has 20 heavy (non-hydrogen) atoms. The zero-order chi connectivity index (χ0) is 15.5. The van der Waals surface area contributed by atoms with Crippen molar-refractivity contribution in [1.29, 1.82) is 0 Å². The van der Waals surface area contributed by atoms with Crippen molar-refractivity contribution in [2.75, 3.05) is 19.7 Å². The smallest absolute Gasteiger partial charge is 0.410 e. The number of ether oxygens (including phenoxy) is 2. The van der Waals surface area contributed by atoms with E-state index in [4.69, 9.17) is 4.74 Å². The number of hydrogen-bond acceptors (Lipinski definition) is 4. The molecule has 1 aliphatic heterocycles. The van der Waals surface area contributed by atoms with Crippen molar-refractivity contribution in [3.63, 3.8) is 0 Å². The Hall–Kier alpha value is -0.600. The van der Waals surface area contributed by atoms with E-state index in [2.05, 4.69) is 27.3 Å². The molecular formula is C13H21FINO4. The number of halogens is 2. The van der Waals surface area contributed by atoms with Crippen LogP contribution in [0.25, 0.3) is 0 Å². The van der Waals surface area contributed by atoms with Gasteiger partial charge in [0.15, 0.2) is 0 Å². The summed E-state index contributed by atoms with van der Waals surface area (Å²) >= 11 is 2.06. The highest BCUT2D eigenvalue weighted by Gasteiger charge is 2.43. The van der Waals surface area contributed by atoms with Gasteiger partial charge in [0.05, 0.1) is 6.61 Å². The number of carbonyl (C=O) groups is 2. The largest absolute Gasteiger partial charge is 0.464 e. The fraction of sp³-hybridized carbons (Fsp3) is 0.846. The molecule has 0 aliphatic carbocycles. The Labute approximate surface area is 132 Å². The lowest BCUT2D eigenvalue weighted by atomic mass is 10.0. The molecule has 3 unspecified atom stereocenters. The molecule has 0 spiro atoms. The first-order valence-electron chi connectivity index (χ1n) is 6.58. The molecule has 0 aromatic carbocycles. The fourth-order valence-corrected chi connectivity index (χ4v) is 3.00. The summed E-state index contributed by atoms with van der Waals surface area (Å²) in [6.07, 6.45) is -2.18. The van der Waals surface area contributed by atoms with Gasteiger partial charge in [-0.25, -0.2) is 14.0 Å². The van der Waals surface area contributed by atoms with E-state index in [1.54, 1.807) is 27.7 Å². The predicted molar refractivity (Wildman–Crippen MR) is 80.6 cm³/mol. The van der Waals surface area contributed by atoms with Crippen molar-refractivity contribution in [1.82, 2.24) is 4.90 Å². The Bertz CT molecular complexity index is 372. The molecule has 116 valence electrons. The van der Waals surface area contributed by atoms with Gasteiger partial charge in [-0.1, -0.05) is 22.6 Å². The number of nitrogens with zero attached hydrogens (tertiary/aromatic N) is 1. The van der Waals surface area contributed by atoms with E-state index in [1.165, 1.54) is 4.90 Å². The molecule has 5 nitrogen and oxygen atoms in total. The summed E-state index contributed by atoms with van der Waals surface area (Å²) in [5, 5.41) is 0. The van der Waals surface area contributed by atoms with E-state index >= 15 is 0 Å². The SMILES string of the molecule is CCOC(=O)C(F)C1CN(C(=O)OC(C)(C)C)CC1I. The van der Waals surface area contributed by atoms with Crippen molar-refractivity contribution in [3.05, 3.63) is 0 Å². The summed E-state index contributed by atoms with van der Waals surface area (Å²) in [5.74, 6) is -1.41. The van der Waals surface area contributed by atoms with Crippen LogP contribution in [0.3, 0.4) is 0 Å². The molecular weight excluding hydrogens is 380 g/mol. The molecule has 3 atom stereocenters. The first-order chi connectivity index (χ1) is 9.15. The van der Waals surface area contributed by atoms with E-state index in [1.807, 2.05) is 0 Å². The summed E-state index contributed by atoms with van der Waals surface area (Å²) in [4.78, 5) is 24.8. The second-order valence-corrected chi connectivity index (χ2v) is 7.32. The predicted octanol–water partition coefficient (Wildman–Crippen LogP) is 2.56. The van der Waals surface area contributed by atoms with Gasteiger partial charge in [-0.05, 0) is 27.7 Å². The summed E-state index contributed by atoms with van der Waals surface area (Å²) in [6, 6.07) is 0. The number of carbonyl (C=O) groups excluding carboxylic acids is 2. The normalized spacial score (nSPS) is 24.4. The second-order valence-electron chi connectivity index (χ2n) is 5.72. The number of rotatable bonds is 3. The molecule has 1 saturated heterocycles. The monoisotopic (exact) mass is 401 g/mol. The van der Waals surface area contributed by atoms with E-state index in [0.717, 1.165) is 0 Å². The minimum Gasteiger partial charge on any atom is -0.464 e. The van der Waals surface area contributed by atoms with Gasteiger partial charge in [0, 0.05) is 22.9 Å². The quantitative estimate of drug-likeness (QED) is 0.415. The molecule has 0 aromatic heterocycles. The maximum Gasteiger partial charge on any atom is 0.410 e. The number of hydrogen-bond donors (Lipinski definition) is 0. The van der Waals surface area contributed by atoms with Crippen LogP contribution in [-0.4, -0.2) is 52.4 Å². The summed E-state index contributed by atoms with van der Waals surface area (Å²) in [5.41, 5.74) is -0.591. The second kappa shape index (κ2) is 6.91. The maximum atomic E-state index is 14.1. The van der Waals surface area contributed by atoms with Crippen molar-refractivity contribution in [2.24, 2.45) is 5.92 Å². The van der Waals surface area contributed by atoms with Gasteiger partial charge in [0.25, 0.3) is 0 Å². The van der Waals surface area contributed by atoms with Gasteiger partial charge in [-0.2, -0.15) is 0 Å². The van der Waals surface area contributed by atoms with Gasteiger partial charge in [-0.15, -0.1) is 0 Å². The standard InChI is InChI=1S/C13H21FINO4/c1-5-19-11(17)10(14)8-6-16(7-9(8)15)12(18)20-13(2,3)4/h8-10H,5-7H2,1-4H3. The molecule has 1 fully saturated rings. The van der Waals surface area contributed by atoms with Gasteiger partial charge in [-0.3, -0.25) is 0 Å². The van der Waals surface area contributed by atoms with Crippen molar-refractivity contribution in [2.45, 2.75) is 43.4 Å². The van der Waals surface area contributed by atoms with E-state index < -0.39 is 29.8 Å². The van der Waals surface area contributed by atoms with Crippen LogP contribution in [0.4, 0.5) is 9.18 Å². The van der Waals surface area contributed by atoms with Gasteiger partial charge < -0.3 is 14.4 Å². The first kappa shape index (κ1) is 17.5. The van der Waals surface area contributed by atoms with E-state index in [9.17, 15) is 14.0 Å². The van der Waals surface area contributed by atoms with Crippen LogP contribution >= 0.6 is 22.6 Å². The Morgan fingerprint density at radius 2 is 2.00 bits per heavy atom. The molecule has 1 heterocycles. The molecule has 1 rings (SSSR count). The van der Waals surface area contributed by atoms with Crippen LogP contribution in [-0.2, 0) is 14.3 Å². The third-order valence-corrected chi connectivity index (χ3v) is 4.15. The van der Waals surface area contributed by atoms with Crippen molar-refractivity contribution in [3.8, 4) is 0 Å². The van der Waals surface area contributed by atoms with E-state index in [-0.39, 0.29) is 17.1 Å². The first-order valence-corrected chi connectivity index (χ1v) is 7.83. The zero-order valence-electron chi connectivity index (χ0n) is 12.2. The van der Waals surface area contributed by atoms with Crippen LogP contribution < -0.4 is 0 Å². The zero-order valence-corrected chi connectivity index (χ0v) is 14.3. The lowest BCUT2D eigenvalue weighted by Gasteiger charge is -2.24. The maximum absolute atomic E-state index is 14.1. The molecule has 0 saturated carbocycles. The van der Waals surface area contributed by atoms with Crippen LogP contribution in [0.15, 0.2) is 0 Å². The highest BCUT2D eigenvalue weighted by Crippen LogP contribution is 2.30. The minimum atomic E-state index is -1.70. The van der Waals surface area contributed by atoms with Crippen LogP contribution in [0.2, 0.25) is 0 Å². The Morgan fingerprint density at radius 3 is 2.50 bits per heavy atom. The Morgan fingerprint density at radius 1 is 1.40 bits per heavy atom. The van der Waals surface area contributed by atoms with Gasteiger partial charge >= 0.3 is 12.1 Å². The summed E-state index contributed by atoms with van der Waals surface area (Å²) in [6.45, 7) is 7.65. The topological polar surface area (TPSA) is 55.8 Å². The van der Waals surface area contributed by atoms with Crippen LogP contribution in [0.5, 0.6) is 0 Å². The van der Waals surface area contributed by atoms with Gasteiger partial charge in [0.2, 0.25) is 6.17 Å². The molecule has 0 radical (unpaired) electrons. The van der Waals surface area contributed by atoms with Crippen molar-refractivity contribution >= 4 is 34.7 Å². The summed E-state index contributed by atoms with van der Waals surface area (Å²) in [7, 11) is 0. The molecule has 1 amide bonds. The fourth-order valence-electron chi connectivity index (χ4n) is 1.94. The van der Waals surface area contributed by atoms with Crippen molar-refractivity contribution < 1.29 is 23.5 Å². The lowest BCUT2D eigenvalue weighted by Crippen LogP contribution is -2.37. The molecule has 0 bridgehead atoms. The average molecular weight is 401 g/mol.